The summed E-state index contributed by atoms with van der Waals surface area (Å²) in [5.74, 6) is 1.24. The van der Waals surface area contributed by atoms with Crippen LogP contribution in [0.15, 0.2) is 60.9 Å². The quantitative estimate of drug-likeness (QED) is 0.447. The second-order valence-electron chi connectivity index (χ2n) is 9.22. The predicted octanol–water partition coefficient (Wildman–Crippen LogP) is 2.58. The summed E-state index contributed by atoms with van der Waals surface area (Å²) in [7, 11) is 1.60. The van der Waals surface area contributed by atoms with Crippen LogP contribution in [-0.2, 0) is 17.9 Å². The average molecular weight is 513 g/mol. The second kappa shape index (κ2) is 12.1. The number of hydrogen-bond acceptors (Lipinski definition) is 7. The van der Waals surface area contributed by atoms with E-state index in [1.54, 1.807) is 22.9 Å². The number of aliphatic hydroxyl groups is 1. The highest BCUT2D eigenvalue weighted by molar-refractivity contribution is 5.73. The zero-order chi connectivity index (χ0) is 26.3. The van der Waals surface area contributed by atoms with Crippen molar-refractivity contribution < 1.29 is 28.5 Å². The molecule has 1 saturated heterocycles. The lowest BCUT2D eigenvalue weighted by Crippen LogP contribution is -2.51. The highest BCUT2D eigenvalue weighted by Crippen LogP contribution is 2.29. The molecule has 4 rings (SSSR count). The van der Waals surface area contributed by atoms with Gasteiger partial charge in [0.1, 0.15) is 30.4 Å². The Morgan fingerprint density at radius 1 is 1.11 bits per heavy atom. The minimum atomic E-state index is -1.31. The third-order valence-corrected chi connectivity index (χ3v) is 6.23. The summed E-state index contributed by atoms with van der Waals surface area (Å²) in [5.41, 5.74) is -0.328. The first-order valence-corrected chi connectivity index (χ1v) is 12.2. The maximum Gasteiger partial charge on any atom is 0.219 e. The molecule has 3 aromatic rings. The number of hydrogen-bond donors (Lipinski definition) is 1. The highest BCUT2D eigenvalue weighted by Gasteiger charge is 2.37. The SMILES string of the molecule is COc1cc(CN2CCN(C(C)=O)CC(O)(COc3ccc(F)cc3)C2)ccc1OCCn1cccn1. The Morgan fingerprint density at radius 2 is 1.92 bits per heavy atom. The van der Waals surface area contributed by atoms with Crippen LogP contribution >= 0.6 is 0 Å². The number of benzene rings is 2. The van der Waals surface area contributed by atoms with Gasteiger partial charge in [-0.3, -0.25) is 14.4 Å². The number of nitrogens with zero attached hydrogens (tertiary/aromatic N) is 4. The molecule has 37 heavy (non-hydrogen) atoms. The Bertz CT molecular complexity index is 1160. The molecule has 9 nitrogen and oxygen atoms in total. The largest absolute Gasteiger partial charge is 0.493 e. The second-order valence-corrected chi connectivity index (χ2v) is 9.22. The van der Waals surface area contributed by atoms with Crippen molar-refractivity contribution in [2.45, 2.75) is 25.6 Å². The molecule has 0 bridgehead atoms. The smallest absolute Gasteiger partial charge is 0.219 e. The first-order chi connectivity index (χ1) is 17.8. The van der Waals surface area contributed by atoms with E-state index in [0.717, 1.165) is 5.56 Å². The van der Waals surface area contributed by atoms with Gasteiger partial charge in [0.15, 0.2) is 11.5 Å². The number of methoxy groups -OCH3 is 1. The molecule has 1 unspecified atom stereocenters. The maximum atomic E-state index is 13.2. The minimum Gasteiger partial charge on any atom is -0.493 e. The van der Waals surface area contributed by atoms with Crippen molar-refractivity contribution in [1.29, 1.82) is 0 Å². The maximum absolute atomic E-state index is 13.2. The Balaban J connectivity index is 1.42. The van der Waals surface area contributed by atoms with Crippen molar-refractivity contribution in [3.8, 4) is 17.2 Å². The zero-order valence-corrected chi connectivity index (χ0v) is 21.2. The number of carbonyl (C=O) groups excluding carboxylic acids is 1. The van der Waals surface area contributed by atoms with Gasteiger partial charge >= 0.3 is 0 Å². The van der Waals surface area contributed by atoms with Gasteiger partial charge in [0, 0.05) is 45.5 Å². The molecular weight excluding hydrogens is 479 g/mol. The first kappa shape index (κ1) is 26.4. The Hall–Kier alpha value is -3.63. The molecule has 1 aliphatic heterocycles. The number of rotatable bonds is 10. The Kier molecular flexibility index (Phi) is 8.62. The van der Waals surface area contributed by atoms with Crippen LogP contribution in [0, 0.1) is 5.82 Å². The molecule has 1 fully saturated rings. The van der Waals surface area contributed by atoms with Crippen molar-refractivity contribution in [2.75, 3.05) is 46.5 Å². The van der Waals surface area contributed by atoms with Crippen molar-refractivity contribution >= 4 is 5.91 Å². The summed E-state index contributed by atoms with van der Waals surface area (Å²) in [6, 6.07) is 13.3. The summed E-state index contributed by atoms with van der Waals surface area (Å²) in [6.45, 7) is 4.58. The van der Waals surface area contributed by atoms with E-state index < -0.39 is 5.60 Å². The lowest BCUT2D eigenvalue weighted by atomic mass is 10.0. The molecule has 1 aliphatic rings. The van der Waals surface area contributed by atoms with E-state index in [1.165, 1.54) is 31.2 Å². The van der Waals surface area contributed by atoms with Crippen LogP contribution in [0.5, 0.6) is 17.2 Å². The van der Waals surface area contributed by atoms with Crippen LogP contribution in [0.4, 0.5) is 4.39 Å². The summed E-state index contributed by atoms with van der Waals surface area (Å²) < 4.78 is 32.3. The normalized spacial score (nSPS) is 18.3. The van der Waals surface area contributed by atoms with Gasteiger partial charge < -0.3 is 24.2 Å². The van der Waals surface area contributed by atoms with Crippen LogP contribution in [0.3, 0.4) is 0 Å². The van der Waals surface area contributed by atoms with Gasteiger partial charge in [-0.15, -0.1) is 0 Å². The van der Waals surface area contributed by atoms with Crippen molar-refractivity contribution in [3.63, 3.8) is 0 Å². The highest BCUT2D eigenvalue weighted by atomic mass is 19.1. The molecule has 0 radical (unpaired) electrons. The van der Waals surface area contributed by atoms with Gasteiger partial charge in [-0.1, -0.05) is 6.07 Å². The van der Waals surface area contributed by atoms with E-state index in [0.29, 0.717) is 56.6 Å². The van der Waals surface area contributed by atoms with Gasteiger partial charge in [0.05, 0.1) is 20.2 Å². The fourth-order valence-corrected chi connectivity index (χ4v) is 4.35. The Morgan fingerprint density at radius 3 is 2.62 bits per heavy atom. The number of ether oxygens (including phenoxy) is 3. The lowest BCUT2D eigenvalue weighted by molar-refractivity contribution is -0.132. The molecule has 1 amide bonds. The van der Waals surface area contributed by atoms with Gasteiger partial charge in [0.2, 0.25) is 5.91 Å². The average Bonchev–Trinajstić information content (AvgIpc) is 3.34. The first-order valence-electron chi connectivity index (χ1n) is 12.2. The number of amides is 1. The topological polar surface area (TPSA) is 89.3 Å². The van der Waals surface area contributed by atoms with E-state index in [1.807, 2.05) is 30.5 Å². The Labute approximate surface area is 216 Å². The van der Waals surface area contributed by atoms with Crippen LogP contribution in [0.1, 0.15) is 12.5 Å². The number of aromatic nitrogens is 2. The van der Waals surface area contributed by atoms with E-state index in [4.69, 9.17) is 14.2 Å². The number of β-amino-alcohol motifs (C(OH)–C–C–N with tert-alkyl or cyclic N) is 1. The van der Waals surface area contributed by atoms with Gasteiger partial charge in [-0.25, -0.2) is 4.39 Å². The van der Waals surface area contributed by atoms with Gasteiger partial charge in [0.25, 0.3) is 0 Å². The number of halogens is 1. The van der Waals surface area contributed by atoms with Gasteiger partial charge in [-0.2, -0.15) is 5.10 Å². The third-order valence-electron chi connectivity index (χ3n) is 6.23. The van der Waals surface area contributed by atoms with E-state index in [-0.39, 0.29) is 24.9 Å². The fourth-order valence-electron chi connectivity index (χ4n) is 4.35. The molecule has 1 atom stereocenters. The summed E-state index contributed by atoms with van der Waals surface area (Å²) in [6.07, 6.45) is 3.61. The molecule has 0 spiro atoms. The van der Waals surface area contributed by atoms with Crippen LogP contribution < -0.4 is 14.2 Å². The summed E-state index contributed by atoms with van der Waals surface area (Å²) >= 11 is 0. The number of carbonyl (C=O) groups is 1. The van der Waals surface area contributed by atoms with E-state index >= 15 is 0 Å². The minimum absolute atomic E-state index is 0.0364. The van der Waals surface area contributed by atoms with E-state index in [9.17, 15) is 14.3 Å². The predicted molar refractivity (Wildman–Crippen MR) is 135 cm³/mol. The van der Waals surface area contributed by atoms with Crippen LogP contribution in [0.2, 0.25) is 0 Å². The molecule has 0 aliphatic carbocycles. The lowest BCUT2D eigenvalue weighted by Gasteiger charge is -2.32. The molecule has 1 aromatic heterocycles. The molecule has 0 saturated carbocycles. The summed E-state index contributed by atoms with van der Waals surface area (Å²) in [4.78, 5) is 15.9. The molecule has 2 aromatic carbocycles. The molecule has 2 heterocycles. The van der Waals surface area contributed by atoms with Crippen LogP contribution in [-0.4, -0.2) is 82.7 Å². The monoisotopic (exact) mass is 512 g/mol. The van der Waals surface area contributed by atoms with Crippen molar-refractivity contribution in [2.24, 2.45) is 0 Å². The van der Waals surface area contributed by atoms with Crippen molar-refractivity contribution in [3.05, 3.63) is 72.3 Å². The van der Waals surface area contributed by atoms with E-state index in [2.05, 4.69) is 10.00 Å². The standard InChI is InChI=1S/C27H33FN4O5/c1-21(33)31-13-12-30(18-27(34,19-31)20-37-24-7-5-23(28)6-8-24)17-22-4-9-25(26(16-22)35-2)36-15-14-32-11-3-10-29-32/h3-11,16,34H,12-15,17-20H2,1-2H3. The zero-order valence-electron chi connectivity index (χ0n) is 21.2. The van der Waals surface area contributed by atoms with Gasteiger partial charge in [-0.05, 0) is 48.0 Å². The fraction of sp³-hybridized carbons (Fsp3) is 0.407. The third kappa shape index (κ3) is 7.43. The van der Waals surface area contributed by atoms with Crippen LogP contribution in [0.25, 0.3) is 0 Å². The molecule has 198 valence electrons. The van der Waals surface area contributed by atoms with Crippen molar-refractivity contribution in [1.82, 2.24) is 19.6 Å². The molecular formula is C27H33FN4O5. The summed E-state index contributed by atoms with van der Waals surface area (Å²) in [5, 5.41) is 15.6. The molecule has 1 N–H and O–H groups in total. The molecule has 10 heteroatoms.